The van der Waals surface area contributed by atoms with Gasteiger partial charge in [0.1, 0.15) is 6.23 Å². The molecule has 2 unspecified atom stereocenters. The Hall–Kier alpha value is -0.770. The maximum absolute atomic E-state index is 11.3. The minimum Gasteiger partial charge on any atom is -0.358 e. The Balaban J connectivity index is 2.16. The van der Waals surface area contributed by atoms with Gasteiger partial charge in [0.25, 0.3) is 0 Å². The van der Waals surface area contributed by atoms with Crippen LogP contribution < -0.4 is 10.6 Å². The van der Waals surface area contributed by atoms with Crippen molar-refractivity contribution in [1.29, 1.82) is 0 Å². The third-order valence-corrected chi connectivity index (χ3v) is 2.21. The van der Waals surface area contributed by atoms with E-state index >= 15 is 0 Å². The standard InChI is InChI=1S/C9H18N2O2/c1-3-7(2)10-9(12)11-8-5-4-6-13-8/h7-8H,3-6H2,1-2H3,(H2,10,11,12). The van der Waals surface area contributed by atoms with Crippen LogP contribution in [0.1, 0.15) is 33.1 Å². The van der Waals surface area contributed by atoms with E-state index in [9.17, 15) is 4.79 Å². The first-order valence-corrected chi connectivity index (χ1v) is 4.91. The predicted molar refractivity (Wildman–Crippen MR) is 50.4 cm³/mol. The van der Waals surface area contributed by atoms with E-state index in [0.717, 1.165) is 25.9 Å². The largest absolute Gasteiger partial charge is 0.358 e. The van der Waals surface area contributed by atoms with Crippen molar-refractivity contribution in [3.8, 4) is 0 Å². The Labute approximate surface area is 79.0 Å². The fraction of sp³-hybridized carbons (Fsp3) is 0.889. The summed E-state index contributed by atoms with van der Waals surface area (Å²) in [5.74, 6) is 0. The predicted octanol–water partition coefficient (Wildman–Crippen LogP) is 1.22. The molecule has 4 nitrogen and oxygen atoms in total. The number of hydrogen-bond donors (Lipinski definition) is 2. The van der Waals surface area contributed by atoms with Crippen molar-refractivity contribution in [3.05, 3.63) is 0 Å². The number of rotatable bonds is 3. The highest BCUT2D eigenvalue weighted by Crippen LogP contribution is 2.08. The summed E-state index contributed by atoms with van der Waals surface area (Å²) in [6.45, 7) is 4.78. The van der Waals surface area contributed by atoms with E-state index in [1.807, 2.05) is 13.8 Å². The Morgan fingerprint density at radius 2 is 2.46 bits per heavy atom. The lowest BCUT2D eigenvalue weighted by atomic mass is 10.3. The molecule has 2 atom stereocenters. The Morgan fingerprint density at radius 3 is 3.00 bits per heavy atom. The van der Waals surface area contributed by atoms with Crippen LogP contribution in [0.3, 0.4) is 0 Å². The fourth-order valence-electron chi connectivity index (χ4n) is 1.21. The monoisotopic (exact) mass is 186 g/mol. The summed E-state index contributed by atoms with van der Waals surface area (Å²) in [6, 6.07) is 0.0997. The third-order valence-electron chi connectivity index (χ3n) is 2.21. The molecule has 0 bridgehead atoms. The van der Waals surface area contributed by atoms with Crippen LogP contribution in [0.2, 0.25) is 0 Å². The third kappa shape index (κ3) is 3.63. The lowest BCUT2D eigenvalue weighted by Crippen LogP contribution is -2.45. The number of carbonyl (C=O) groups is 1. The normalized spacial score (nSPS) is 24.0. The molecule has 0 aromatic heterocycles. The van der Waals surface area contributed by atoms with E-state index in [4.69, 9.17) is 4.74 Å². The van der Waals surface area contributed by atoms with Crippen molar-refractivity contribution in [2.75, 3.05) is 6.61 Å². The van der Waals surface area contributed by atoms with Crippen molar-refractivity contribution >= 4 is 6.03 Å². The summed E-state index contributed by atoms with van der Waals surface area (Å²) < 4.78 is 5.27. The summed E-state index contributed by atoms with van der Waals surface area (Å²) in [6.07, 6.45) is 2.82. The Morgan fingerprint density at radius 1 is 1.69 bits per heavy atom. The number of hydrogen-bond acceptors (Lipinski definition) is 2. The van der Waals surface area contributed by atoms with Gasteiger partial charge in [0.2, 0.25) is 0 Å². The van der Waals surface area contributed by atoms with Gasteiger partial charge in [0, 0.05) is 12.6 Å². The minimum atomic E-state index is -0.124. The second-order valence-electron chi connectivity index (χ2n) is 3.43. The quantitative estimate of drug-likeness (QED) is 0.696. The summed E-state index contributed by atoms with van der Waals surface area (Å²) in [4.78, 5) is 11.3. The fourth-order valence-corrected chi connectivity index (χ4v) is 1.21. The average molecular weight is 186 g/mol. The van der Waals surface area contributed by atoms with Gasteiger partial charge in [-0.25, -0.2) is 4.79 Å². The van der Waals surface area contributed by atoms with Crippen LogP contribution in [0.4, 0.5) is 4.79 Å². The zero-order valence-electron chi connectivity index (χ0n) is 8.30. The van der Waals surface area contributed by atoms with Gasteiger partial charge in [-0.05, 0) is 26.2 Å². The van der Waals surface area contributed by atoms with Crippen LogP contribution in [-0.2, 0) is 4.74 Å². The molecule has 1 aliphatic rings. The number of ether oxygens (including phenoxy) is 1. The van der Waals surface area contributed by atoms with Crippen molar-refractivity contribution in [3.63, 3.8) is 0 Å². The number of amides is 2. The van der Waals surface area contributed by atoms with E-state index in [1.165, 1.54) is 0 Å². The molecule has 1 aliphatic heterocycles. The first kappa shape index (κ1) is 10.3. The molecule has 0 spiro atoms. The topological polar surface area (TPSA) is 50.4 Å². The molecule has 2 amide bonds. The van der Waals surface area contributed by atoms with Gasteiger partial charge in [-0.2, -0.15) is 0 Å². The molecule has 0 aliphatic carbocycles. The zero-order chi connectivity index (χ0) is 9.68. The SMILES string of the molecule is CCC(C)NC(=O)NC1CCCO1. The summed E-state index contributed by atoms with van der Waals surface area (Å²) >= 11 is 0. The molecule has 13 heavy (non-hydrogen) atoms. The van der Waals surface area contributed by atoms with Crippen molar-refractivity contribution in [2.24, 2.45) is 0 Å². The molecule has 0 saturated carbocycles. The Bertz CT molecular complexity index is 167. The van der Waals surface area contributed by atoms with E-state index in [-0.39, 0.29) is 18.3 Å². The van der Waals surface area contributed by atoms with Gasteiger partial charge in [0.15, 0.2) is 0 Å². The highest BCUT2D eigenvalue weighted by molar-refractivity contribution is 5.74. The molecule has 0 radical (unpaired) electrons. The number of carbonyl (C=O) groups excluding carboxylic acids is 1. The van der Waals surface area contributed by atoms with Crippen LogP contribution in [0.25, 0.3) is 0 Å². The summed E-state index contributed by atoms with van der Waals surface area (Å²) in [7, 11) is 0. The molecule has 0 aromatic carbocycles. The van der Waals surface area contributed by atoms with Gasteiger partial charge >= 0.3 is 6.03 Å². The van der Waals surface area contributed by atoms with Crippen molar-refractivity contribution < 1.29 is 9.53 Å². The highest BCUT2D eigenvalue weighted by Gasteiger charge is 2.17. The summed E-state index contributed by atoms with van der Waals surface area (Å²) in [5, 5.41) is 5.60. The van der Waals surface area contributed by atoms with Crippen LogP contribution in [0, 0.1) is 0 Å². The molecule has 4 heteroatoms. The molecule has 1 rings (SSSR count). The first-order chi connectivity index (χ1) is 6.22. The minimum absolute atomic E-state index is 0.0796. The van der Waals surface area contributed by atoms with Crippen LogP contribution >= 0.6 is 0 Å². The van der Waals surface area contributed by atoms with Crippen molar-refractivity contribution in [2.45, 2.75) is 45.4 Å². The zero-order valence-corrected chi connectivity index (χ0v) is 8.30. The molecule has 2 N–H and O–H groups in total. The average Bonchev–Trinajstić information content (AvgIpc) is 2.56. The molecule has 1 saturated heterocycles. The number of urea groups is 1. The second-order valence-corrected chi connectivity index (χ2v) is 3.43. The smallest absolute Gasteiger partial charge is 0.317 e. The lowest BCUT2D eigenvalue weighted by molar-refractivity contribution is 0.0903. The Kier molecular flexibility index (Phi) is 4.02. The van der Waals surface area contributed by atoms with Gasteiger partial charge < -0.3 is 15.4 Å². The maximum atomic E-state index is 11.3. The van der Waals surface area contributed by atoms with E-state index < -0.39 is 0 Å². The van der Waals surface area contributed by atoms with Gasteiger partial charge in [0.05, 0.1) is 0 Å². The van der Waals surface area contributed by atoms with E-state index in [0.29, 0.717) is 0 Å². The van der Waals surface area contributed by atoms with Crippen LogP contribution in [0.5, 0.6) is 0 Å². The highest BCUT2D eigenvalue weighted by atomic mass is 16.5. The first-order valence-electron chi connectivity index (χ1n) is 4.91. The maximum Gasteiger partial charge on any atom is 0.317 e. The molecule has 1 heterocycles. The molecule has 1 fully saturated rings. The lowest BCUT2D eigenvalue weighted by Gasteiger charge is -2.15. The molecule has 76 valence electrons. The van der Waals surface area contributed by atoms with Crippen LogP contribution in [0.15, 0.2) is 0 Å². The molecular weight excluding hydrogens is 168 g/mol. The van der Waals surface area contributed by atoms with Gasteiger partial charge in [-0.15, -0.1) is 0 Å². The molecular formula is C9H18N2O2. The number of nitrogens with one attached hydrogen (secondary N) is 2. The van der Waals surface area contributed by atoms with Gasteiger partial charge in [-0.1, -0.05) is 6.92 Å². The second kappa shape index (κ2) is 5.07. The van der Waals surface area contributed by atoms with Gasteiger partial charge in [-0.3, -0.25) is 0 Å². The van der Waals surface area contributed by atoms with Crippen LogP contribution in [-0.4, -0.2) is 24.9 Å². The van der Waals surface area contributed by atoms with Crippen molar-refractivity contribution in [1.82, 2.24) is 10.6 Å². The molecule has 0 aromatic rings. The van der Waals surface area contributed by atoms with E-state index in [1.54, 1.807) is 0 Å². The summed E-state index contributed by atoms with van der Waals surface area (Å²) in [5.41, 5.74) is 0. The van der Waals surface area contributed by atoms with E-state index in [2.05, 4.69) is 10.6 Å².